The molecule has 2 saturated carbocycles. The van der Waals surface area contributed by atoms with Crippen LogP contribution in [0.2, 0.25) is 0 Å². The van der Waals surface area contributed by atoms with Crippen LogP contribution in [0, 0.1) is 5.92 Å². The lowest BCUT2D eigenvalue weighted by Crippen LogP contribution is -2.57. The second kappa shape index (κ2) is 8.85. The van der Waals surface area contributed by atoms with Crippen molar-refractivity contribution >= 4 is 11.9 Å². The van der Waals surface area contributed by atoms with Crippen molar-refractivity contribution in [3.63, 3.8) is 0 Å². The van der Waals surface area contributed by atoms with Gasteiger partial charge in [-0.2, -0.15) is 0 Å². The van der Waals surface area contributed by atoms with Crippen molar-refractivity contribution in [2.24, 2.45) is 5.92 Å². The Morgan fingerprint density at radius 2 is 1.89 bits per heavy atom. The van der Waals surface area contributed by atoms with Gasteiger partial charge in [-0.3, -0.25) is 19.4 Å². The highest BCUT2D eigenvalue weighted by molar-refractivity contribution is 5.81. The van der Waals surface area contributed by atoms with Crippen LogP contribution in [0.1, 0.15) is 38.2 Å². The summed E-state index contributed by atoms with van der Waals surface area (Å²) < 4.78 is 0. The zero-order valence-corrected chi connectivity index (χ0v) is 16.3. The number of likely N-dealkylation sites (N-methyl/N-ethyl adjacent to an activating group) is 1. The molecule has 3 rings (SSSR count). The molecule has 1 atom stereocenters. The van der Waals surface area contributed by atoms with Gasteiger partial charge in [0.1, 0.15) is 0 Å². The normalized spacial score (nSPS) is 23.1. The van der Waals surface area contributed by atoms with Gasteiger partial charge in [-0.15, -0.1) is 0 Å². The third-order valence-electron chi connectivity index (χ3n) is 5.82. The number of carboxylic acids is 1. The number of nitrogens with one attached hydrogen (secondary N) is 1. The average Bonchev–Trinajstić information content (AvgIpc) is 3.40. The summed E-state index contributed by atoms with van der Waals surface area (Å²) in [6.07, 6.45) is 4.13. The van der Waals surface area contributed by atoms with E-state index in [1.807, 2.05) is 37.1 Å². The maximum absolute atomic E-state index is 12.6. The molecule has 0 heterocycles. The summed E-state index contributed by atoms with van der Waals surface area (Å²) in [5.74, 6) is -0.0483. The van der Waals surface area contributed by atoms with Gasteiger partial charge in [0, 0.05) is 25.2 Å². The second-order valence-corrected chi connectivity index (χ2v) is 8.17. The first kappa shape index (κ1) is 19.8. The van der Waals surface area contributed by atoms with Crippen molar-refractivity contribution < 1.29 is 14.7 Å². The SMILES string of the molecule is CC(C(=O)NC1CC(N(CC(=O)O)CC2CC2)C1)N(C)Cc1ccccc1. The van der Waals surface area contributed by atoms with Crippen molar-refractivity contribution in [3.05, 3.63) is 35.9 Å². The van der Waals surface area contributed by atoms with E-state index in [-0.39, 0.29) is 30.6 Å². The molecule has 6 heteroatoms. The number of rotatable bonds is 10. The first-order chi connectivity index (χ1) is 12.9. The van der Waals surface area contributed by atoms with Crippen LogP contribution in [-0.4, -0.2) is 65.0 Å². The highest BCUT2D eigenvalue weighted by Crippen LogP contribution is 2.33. The molecule has 2 aliphatic carbocycles. The fourth-order valence-corrected chi connectivity index (χ4v) is 3.68. The van der Waals surface area contributed by atoms with Gasteiger partial charge < -0.3 is 10.4 Å². The molecule has 0 aliphatic heterocycles. The highest BCUT2D eigenvalue weighted by atomic mass is 16.4. The summed E-state index contributed by atoms with van der Waals surface area (Å²) in [7, 11) is 1.96. The van der Waals surface area contributed by atoms with Crippen LogP contribution in [0.5, 0.6) is 0 Å². The van der Waals surface area contributed by atoms with E-state index in [2.05, 4.69) is 22.3 Å². The first-order valence-electron chi connectivity index (χ1n) is 9.92. The van der Waals surface area contributed by atoms with E-state index in [1.54, 1.807) is 0 Å². The van der Waals surface area contributed by atoms with Gasteiger partial charge in [-0.05, 0) is 51.1 Å². The van der Waals surface area contributed by atoms with E-state index in [0.29, 0.717) is 5.92 Å². The van der Waals surface area contributed by atoms with Crippen LogP contribution in [-0.2, 0) is 16.1 Å². The molecule has 6 nitrogen and oxygen atoms in total. The standard InChI is InChI=1S/C21H31N3O3/c1-15(23(2)12-16-6-4-3-5-7-16)21(27)22-18-10-19(11-18)24(14-20(25)26)13-17-8-9-17/h3-7,15,17-19H,8-14H2,1-2H3,(H,22,27)(H,25,26). The predicted molar refractivity (Wildman–Crippen MR) is 104 cm³/mol. The molecule has 0 bridgehead atoms. The number of nitrogens with zero attached hydrogens (tertiary/aromatic N) is 2. The lowest BCUT2D eigenvalue weighted by Gasteiger charge is -2.43. The van der Waals surface area contributed by atoms with Gasteiger partial charge in [-0.1, -0.05) is 30.3 Å². The Morgan fingerprint density at radius 1 is 1.22 bits per heavy atom. The van der Waals surface area contributed by atoms with E-state index >= 15 is 0 Å². The smallest absolute Gasteiger partial charge is 0.317 e. The van der Waals surface area contributed by atoms with E-state index in [9.17, 15) is 9.59 Å². The number of aliphatic carboxylic acids is 1. The summed E-state index contributed by atoms with van der Waals surface area (Å²) in [6, 6.07) is 10.4. The average molecular weight is 373 g/mol. The molecule has 1 aromatic rings. The Labute approximate surface area is 161 Å². The quantitative estimate of drug-likeness (QED) is 0.656. The molecule has 1 unspecified atom stereocenters. The molecule has 1 amide bonds. The van der Waals surface area contributed by atoms with Crippen molar-refractivity contribution in [1.29, 1.82) is 0 Å². The zero-order valence-electron chi connectivity index (χ0n) is 16.3. The summed E-state index contributed by atoms with van der Waals surface area (Å²) in [4.78, 5) is 27.8. The summed E-state index contributed by atoms with van der Waals surface area (Å²) in [5.41, 5.74) is 1.19. The first-order valence-corrected chi connectivity index (χ1v) is 9.92. The molecule has 2 N–H and O–H groups in total. The number of amides is 1. The molecule has 0 saturated heterocycles. The minimum atomic E-state index is -0.765. The summed E-state index contributed by atoms with van der Waals surface area (Å²) in [6.45, 7) is 3.65. The van der Waals surface area contributed by atoms with E-state index in [1.165, 1.54) is 18.4 Å². The fourth-order valence-electron chi connectivity index (χ4n) is 3.68. The third-order valence-corrected chi connectivity index (χ3v) is 5.82. The van der Waals surface area contributed by atoms with Crippen molar-refractivity contribution in [2.75, 3.05) is 20.1 Å². The second-order valence-electron chi connectivity index (χ2n) is 8.17. The lowest BCUT2D eigenvalue weighted by molar-refractivity contribution is -0.140. The molecule has 148 valence electrons. The van der Waals surface area contributed by atoms with Gasteiger partial charge in [0.05, 0.1) is 12.6 Å². The van der Waals surface area contributed by atoms with Crippen LogP contribution in [0.4, 0.5) is 0 Å². The van der Waals surface area contributed by atoms with Crippen molar-refractivity contribution in [2.45, 2.75) is 57.3 Å². The maximum Gasteiger partial charge on any atom is 0.317 e. The Balaban J connectivity index is 1.42. The van der Waals surface area contributed by atoms with Crippen LogP contribution in [0.25, 0.3) is 0 Å². The number of benzene rings is 1. The monoisotopic (exact) mass is 373 g/mol. The van der Waals surface area contributed by atoms with Crippen LogP contribution in [0.3, 0.4) is 0 Å². The number of carbonyl (C=O) groups excluding carboxylic acids is 1. The van der Waals surface area contributed by atoms with Crippen molar-refractivity contribution in [3.8, 4) is 0 Å². The number of carbonyl (C=O) groups is 2. The Bertz CT molecular complexity index is 641. The van der Waals surface area contributed by atoms with Gasteiger partial charge in [0.15, 0.2) is 0 Å². The molecule has 1 aromatic carbocycles. The predicted octanol–water partition coefficient (Wildman–Crippen LogP) is 1.95. The highest BCUT2D eigenvalue weighted by Gasteiger charge is 2.38. The fraction of sp³-hybridized carbons (Fsp3) is 0.619. The molecular weight excluding hydrogens is 342 g/mol. The van der Waals surface area contributed by atoms with E-state index in [4.69, 9.17) is 5.11 Å². The lowest BCUT2D eigenvalue weighted by atomic mass is 9.85. The van der Waals surface area contributed by atoms with Crippen LogP contribution >= 0.6 is 0 Å². The molecule has 0 spiro atoms. The van der Waals surface area contributed by atoms with Crippen LogP contribution < -0.4 is 5.32 Å². The van der Waals surface area contributed by atoms with Crippen LogP contribution in [0.15, 0.2) is 30.3 Å². The summed E-state index contributed by atoms with van der Waals surface area (Å²) >= 11 is 0. The molecule has 2 fully saturated rings. The Morgan fingerprint density at radius 3 is 2.48 bits per heavy atom. The number of hydrogen-bond acceptors (Lipinski definition) is 4. The van der Waals surface area contributed by atoms with Gasteiger partial charge in [0.2, 0.25) is 5.91 Å². The molecule has 27 heavy (non-hydrogen) atoms. The zero-order chi connectivity index (χ0) is 19.4. The minimum absolute atomic E-state index is 0.0452. The summed E-state index contributed by atoms with van der Waals surface area (Å²) in [5, 5.41) is 12.3. The largest absolute Gasteiger partial charge is 0.480 e. The third kappa shape index (κ3) is 5.78. The Kier molecular flexibility index (Phi) is 6.50. The van der Waals surface area contributed by atoms with Gasteiger partial charge in [-0.25, -0.2) is 0 Å². The molecular formula is C21H31N3O3. The topological polar surface area (TPSA) is 72.9 Å². The van der Waals surface area contributed by atoms with Crippen molar-refractivity contribution in [1.82, 2.24) is 15.1 Å². The van der Waals surface area contributed by atoms with E-state index < -0.39 is 5.97 Å². The number of hydrogen-bond donors (Lipinski definition) is 2. The molecule has 0 aromatic heterocycles. The number of carboxylic acid groups (broad SMARTS) is 1. The Hall–Kier alpha value is -1.92. The maximum atomic E-state index is 12.6. The van der Waals surface area contributed by atoms with Gasteiger partial charge in [0.25, 0.3) is 0 Å². The molecule has 2 aliphatic rings. The van der Waals surface area contributed by atoms with E-state index in [0.717, 1.165) is 25.9 Å². The minimum Gasteiger partial charge on any atom is -0.480 e. The molecule has 0 radical (unpaired) electrons. The van der Waals surface area contributed by atoms with Gasteiger partial charge >= 0.3 is 5.97 Å².